The number of aryl methyl sites for hydroxylation is 2. The number of benzene rings is 2. The molecule has 0 unspecified atom stereocenters. The topological polar surface area (TPSA) is 49.3 Å². The van der Waals surface area contributed by atoms with Crippen molar-refractivity contribution in [3.8, 4) is 5.75 Å². The van der Waals surface area contributed by atoms with Crippen LogP contribution in [-0.4, -0.2) is 11.0 Å². The van der Waals surface area contributed by atoms with E-state index < -0.39 is 11.7 Å². The normalized spacial score (nSPS) is 10.4. The summed E-state index contributed by atoms with van der Waals surface area (Å²) in [6.45, 7) is 3.82. The highest BCUT2D eigenvalue weighted by Gasteiger charge is 2.13. The van der Waals surface area contributed by atoms with Gasteiger partial charge in [0.15, 0.2) is 0 Å². The van der Waals surface area contributed by atoms with Gasteiger partial charge in [-0.25, -0.2) is 4.39 Å². The minimum Gasteiger partial charge on any atom is -0.507 e. The number of halogens is 2. The molecule has 0 bridgehead atoms. The van der Waals surface area contributed by atoms with Crippen LogP contribution in [0.3, 0.4) is 0 Å². The second kappa shape index (κ2) is 5.63. The van der Waals surface area contributed by atoms with Crippen molar-refractivity contribution in [2.24, 2.45) is 0 Å². The molecule has 3 nitrogen and oxygen atoms in total. The highest BCUT2D eigenvalue weighted by Crippen LogP contribution is 2.26. The van der Waals surface area contributed by atoms with Gasteiger partial charge in [0.2, 0.25) is 0 Å². The molecule has 0 radical (unpaired) electrons. The van der Waals surface area contributed by atoms with E-state index in [9.17, 15) is 14.3 Å². The number of phenolic OH excluding ortho intramolecular Hbond substituents is 1. The molecule has 0 heterocycles. The maximum absolute atomic E-state index is 13.1. The van der Waals surface area contributed by atoms with Gasteiger partial charge in [-0.3, -0.25) is 4.79 Å². The van der Waals surface area contributed by atoms with E-state index in [4.69, 9.17) is 0 Å². The molecule has 0 aliphatic heterocycles. The molecule has 0 saturated carbocycles. The van der Waals surface area contributed by atoms with E-state index in [0.29, 0.717) is 5.69 Å². The minimum absolute atomic E-state index is 0.0942. The Balaban J connectivity index is 2.30. The molecular weight excluding hydrogens is 325 g/mol. The Bertz CT molecular complexity index is 663. The maximum Gasteiger partial charge on any atom is 0.259 e. The Hall–Kier alpha value is -1.88. The number of hydrogen-bond acceptors (Lipinski definition) is 2. The quantitative estimate of drug-likeness (QED) is 0.864. The standard InChI is InChI=1S/C15H13BrFNO2/c1-8-5-11(6-9(2)14(8)16)18-15(20)12-7-10(17)3-4-13(12)19/h3-7,19H,1-2H3,(H,18,20). The van der Waals surface area contributed by atoms with Crippen LogP contribution in [0.15, 0.2) is 34.8 Å². The molecule has 0 atom stereocenters. The van der Waals surface area contributed by atoms with Crippen LogP contribution in [0.1, 0.15) is 21.5 Å². The molecule has 0 aliphatic carbocycles. The number of aromatic hydroxyl groups is 1. The smallest absolute Gasteiger partial charge is 0.259 e. The highest BCUT2D eigenvalue weighted by molar-refractivity contribution is 9.10. The van der Waals surface area contributed by atoms with Gasteiger partial charge in [-0.15, -0.1) is 0 Å². The van der Waals surface area contributed by atoms with E-state index in [0.717, 1.165) is 33.8 Å². The van der Waals surface area contributed by atoms with Crippen LogP contribution >= 0.6 is 15.9 Å². The second-order valence-electron chi connectivity index (χ2n) is 4.54. The fourth-order valence-corrected chi connectivity index (χ4v) is 2.14. The summed E-state index contributed by atoms with van der Waals surface area (Å²) in [6.07, 6.45) is 0. The maximum atomic E-state index is 13.1. The molecule has 0 spiro atoms. The number of anilines is 1. The molecule has 20 heavy (non-hydrogen) atoms. The van der Waals surface area contributed by atoms with Crippen molar-refractivity contribution in [3.05, 3.63) is 57.3 Å². The summed E-state index contributed by atoms with van der Waals surface area (Å²) in [7, 11) is 0. The largest absolute Gasteiger partial charge is 0.507 e. The van der Waals surface area contributed by atoms with Gasteiger partial charge in [0.05, 0.1) is 5.56 Å². The number of hydrogen-bond donors (Lipinski definition) is 2. The third-order valence-corrected chi connectivity index (χ3v) is 4.15. The Labute approximate surface area is 124 Å². The lowest BCUT2D eigenvalue weighted by Gasteiger charge is -2.10. The summed E-state index contributed by atoms with van der Waals surface area (Å²) in [4.78, 5) is 12.0. The van der Waals surface area contributed by atoms with E-state index in [1.807, 2.05) is 13.8 Å². The first-order chi connectivity index (χ1) is 9.38. The van der Waals surface area contributed by atoms with E-state index >= 15 is 0 Å². The van der Waals surface area contributed by atoms with Crippen molar-refractivity contribution >= 4 is 27.5 Å². The molecule has 2 aromatic rings. The van der Waals surface area contributed by atoms with E-state index in [-0.39, 0.29) is 11.3 Å². The lowest BCUT2D eigenvalue weighted by atomic mass is 10.1. The zero-order valence-corrected chi connectivity index (χ0v) is 12.6. The molecule has 0 fully saturated rings. The minimum atomic E-state index is -0.573. The molecule has 2 aromatic carbocycles. The fraction of sp³-hybridized carbons (Fsp3) is 0.133. The van der Waals surface area contributed by atoms with Gasteiger partial charge >= 0.3 is 0 Å². The summed E-state index contributed by atoms with van der Waals surface area (Å²) in [5.41, 5.74) is 2.45. The summed E-state index contributed by atoms with van der Waals surface area (Å²) in [5, 5.41) is 12.3. The molecule has 2 N–H and O–H groups in total. The van der Waals surface area contributed by atoms with E-state index in [1.54, 1.807) is 12.1 Å². The summed E-state index contributed by atoms with van der Waals surface area (Å²) < 4.78 is 14.1. The molecule has 1 amide bonds. The third kappa shape index (κ3) is 2.99. The molecule has 104 valence electrons. The lowest BCUT2D eigenvalue weighted by Crippen LogP contribution is -2.12. The Morgan fingerprint density at radius 1 is 1.20 bits per heavy atom. The van der Waals surface area contributed by atoms with Gasteiger partial charge in [0, 0.05) is 10.2 Å². The monoisotopic (exact) mass is 337 g/mol. The van der Waals surface area contributed by atoms with Crippen molar-refractivity contribution in [1.29, 1.82) is 0 Å². The van der Waals surface area contributed by atoms with Crippen LogP contribution < -0.4 is 5.32 Å². The SMILES string of the molecule is Cc1cc(NC(=O)c2cc(F)ccc2O)cc(C)c1Br. The van der Waals surface area contributed by atoms with Gasteiger partial charge in [-0.2, -0.15) is 0 Å². The number of rotatable bonds is 2. The highest BCUT2D eigenvalue weighted by atomic mass is 79.9. The van der Waals surface area contributed by atoms with Crippen LogP contribution in [0.5, 0.6) is 5.75 Å². The zero-order chi connectivity index (χ0) is 14.9. The average molecular weight is 338 g/mol. The summed E-state index contributed by atoms with van der Waals surface area (Å²) in [5.74, 6) is -1.38. The van der Waals surface area contributed by atoms with E-state index in [2.05, 4.69) is 21.2 Å². The first kappa shape index (κ1) is 14.5. The van der Waals surface area contributed by atoms with Crippen molar-refractivity contribution in [2.75, 3.05) is 5.32 Å². The molecule has 0 aromatic heterocycles. The van der Waals surface area contributed by atoms with Crippen molar-refractivity contribution in [1.82, 2.24) is 0 Å². The predicted molar refractivity (Wildman–Crippen MR) is 79.6 cm³/mol. The van der Waals surface area contributed by atoms with Crippen LogP contribution in [-0.2, 0) is 0 Å². The Kier molecular flexibility index (Phi) is 4.09. The van der Waals surface area contributed by atoms with Gasteiger partial charge < -0.3 is 10.4 Å². The van der Waals surface area contributed by atoms with Gasteiger partial charge in [-0.1, -0.05) is 15.9 Å². The van der Waals surface area contributed by atoms with Crippen LogP contribution in [0.4, 0.5) is 10.1 Å². The molecule has 0 saturated heterocycles. The van der Waals surface area contributed by atoms with Gasteiger partial charge in [0.1, 0.15) is 11.6 Å². The van der Waals surface area contributed by atoms with Crippen LogP contribution in [0.25, 0.3) is 0 Å². The average Bonchev–Trinajstić information content (AvgIpc) is 2.38. The summed E-state index contributed by atoms with van der Waals surface area (Å²) >= 11 is 3.44. The number of amides is 1. The third-order valence-electron chi connectivity index (χ3n) is 2.90. The van der Waals surface area contributed by atoms with Gasteiger partial charge in [0.25, 0.3) is 5.91 Å². The fourth-order valence-electron chi connectivity index (χ4n) is 1.91. The molecule has 5 heteroatoms. The number of nitrogens with one attached hydrogen (secondary N) is 1. The van der Waals surface area contributed by atoms with Crippen LogP contribution in [0, 0.1) is 19.7 Å². The lowest BCUT2D eigenvalue weighted by molar-refractivity contribution is 0.102. The van der Waals surface area contributed by atoms with E-state index in [1.165, 1.54) is 0 Å². The molecular formula is C15H13BrFNO2. The molecule has 2 rings (SSSR count). The Morgan fingerprint density at radius 2 is 1.80 bits per heavy atom. The van der Waals surface area contributed by atoms with Crippen molar-refractivity contribution in [2.45, 2.75) is 13.8 Å². The predicted octanol–water partition coefficient (Wildman–Crippen LogP) is 4.16. The first-order valence-corrected chi connectivity index (χ1v) is 6.74. The number of carbonyl (C=O) groups excluding carboxylic acids is 1. The Morgan fingerprint density at radius 3 is 2.40 bits per heavy atom. The zero-order valence-electron chi connectivity index (χ0n) is 11.0. The summed E-state index contributed by atoms with van der Waals surface area (Å²) in [6, 6.07) is 6.85. The van der Waals surface area contributed by atoms with Crippen molar-refractivity contribution in [3.63, 3.8) is 0 Å². The first-order valence-electron chi connectivity index (χ1n) is 5.95. The van der Waals surface area contributed by atoms with Crippen LogP contribution in [0.2, 0.25) is 0 Å². The number of carbonyl (C=O) groups is 1. The number of phenols is 1. The van der Waals surface area contributed by atoms with Gasteiger partial charge in [-0.05, 0) is 55.3 Å². The van der Waals surface area contributed by atoms with Crippen molar-refractivity contribution < 1.29 is 14.3 Å². The second-order valence-corrected chi connectivity index (χ2v) is 5.33. The molecule has 0 aliphatic rings.